The van der Waals surface area contributed by atoms with E-state index < -0.39 is 59.5 Å². The molecule has 24 nitrogen and oxygen atoms in total. The molecule has 4 heterocycles. The molecule has 0 radical (unpaired) electrons. The van der Waals surface area contributed by atoms with Crippen LogP contribution in [0.1, 0.15) is 131 Å². The number of β-amino-alcohol motifs (C(OH)–C–C–N with tert-alkyl or cyclic N) is 1. The maximum atomic E-state index is 15.2. The predicted molar refractivity (Wildman–Crippen MR) is 366 cm³/mol. The number of carbonyl (C=O) groups excluding carboxylic acids is 5. The molecule has 2 aromatic heterocycles. The van der Waals surface area contributed by atoms with Crippen molar-refractivity contribution in [2.45, 2.75) is 154 Å². The van der Waals surface area contributed by atoms with Gasteiger partial charge in [-0.15, -0.1) is 16.4 Å². The fourth-order valence-corrected chi connectivity index (χ4v) is 13.8. The zero-order chi connectivity index (χ0) is 69.7. The number of thiazole rings is 1. The average molecular weight is 1370 g/mol. The summed E-state index contributed by atoms with van der Waals surface area (Å²) >= 11 is 1.57. The van der Waals surface area contributed by atoms with Crippen LogP contribution in [0.2, 0.25) is 0 Å². The Labute approximate surface area is 578 Å². The van der Waals surface area contributed by atoms with E-state index in [1.54, 1.807) is 62.7 Å². The molecular weight excluding hydrogens is 1280 g/mol. The number of benzene rings is 4. The Morgan fingerprint density at radius 2 is 1.42 bits per heavy atom. The molecule has 2 saturated heterocycles. The van der Waals surface area contributed by atoms with Crippen molar-refractivity contribution in [3.8, 4) is 44.9 Å². The van der Waals surface area contributed by atoms with E-state index in [2.05, 4.69) is 25.9 Å². The molecule has 9 rings (SSSR count). The summed E-state index contributed by atoms with van der Waals surface area (Å²) < 4.78 is 60.0. The number of likely N-dealkylation sites (tertiary alicyclic amines) is 2. The van der Waals surface area contributed by atoms with Crippen molar-refractivity contribution in [3.63, 3.8) is 0 Å². The van der Waals surface area contributed by atoms with Gasteiger partial charge in [-0.25, -0.2) is 14.5 Å². The molecule has 3 aliphatic rings. The van der Waals surface area contributed by atoms with Gasteiger partial charge in [0.25, 0.3) is 0 Å². The number of aromatic nitrogens is 4. The summed E-state index contributed by atoms with van der Waals surface area (Å²) in [7, 11) is 7.87. The molecule has 4 aromatic carbocycles. The van der Waals surface area contributed by atoms with E-state index in [1.165, 1.54) is 4.90 Å². The average Bonchev–Trinajstić information content (AvgIpc) is 1.00. The fourth-order valence-electron chi connectivity index (χ4n) is 13.0. The second-order valence-electron chi connectivity index (χ2n) is 26.1. The van der Waals surface area contributed by atoms with Gasteiger partial charge in [0.1, 0.15) is 48.9 Å². The number of nitrogens with zero attached hydrogens (tertiary/aromatic N) is 6. The number of piperidine rings is 1. The first-order valence-corrected chi connectivity index (χ1v) is 34.7. The van der Waals surface area contributed by atoms with Crippen LogP contribution >= 0.6 is 11.3 Å². The first-order chi connectivity index (χ1) is 47.4. The third-order valence-corrected chi connectivity index (χ3v) is 19.2. The summed E-state index contributed by atoms with van der Waals surface area (Å²) in [6, 6.07) is 22.2. The standard InChI is InChI=1S/C73H96N8O16S/c1-47-67(98-46-75-47)51-25-21-49(22-26-51)41-74-69(84)58-40-55(82)43-81(58)71(86)68(73(2,3)4)76-64(83)45-95-35-34-94-33-32-93-31-30-79-42-54(77-78-79)44-96-60-28-24-48(36-61(60)89-6)23-27-59(52-18-15-19-56(37-52)88-5)97-72(87)57-20-13-14-29-80(57)70(85)65(50-16-11-10-12-17-50)53-38-62(90-7)66(92-9)63(39-53)91-8/h15,18-19,21-22,24-26,28,36-39,42,46,50,55,57-59,65,68,82H,10-14,16-17,20,23,27,29-35,40-41,43-45H2,1-9H3,(H,74,84)(H,76,83)/t55-,57-,58+,59+,65+,68-/m1/s1. The Morgan fingerprint density at radius 3 is 2.10 bits per heavy atom. The summed E-state index contributed by atoms with van der Waals surface area (Å²) in [4.78, 5) is 79.1. The van der Waals surface area contributed by atoms with Crippen molar-refractivity contribution in [2.75, 3.05) is 88.3 Å². The Morgan fingerprint density at radius 1 is 0.714 bits per heavy atom. The molecule has 1 saturated carbocycles. The van der Waals surface area contributed by atoms with Gasteiger partial charge in [0.15, 0.2) is 23.0 Å². The first-order valence-electron chi connectivity index (χ1n) is 33.8. The van der Waals surface area contributed by atoms with Crippen molar-refractivity contribution in [1.82, 2.24) is 40.4 Å². The summed E-state index contributed by atoms with van der Waals surface area (Å²) in [5.74, 6) is 0.709. The number of hydrogen-bond donors (Lipinski definition) is 3. The molecule has 3 N–H and O–H groups in total. The van der Waals surface area contributed by atoms with Gasteiger partial charge >= 0.3 is 5.97 Å². The van der Waals surface area contributed by atoms with Crippen LogP contribution < -0.4 is 39.1 Å². The normalized spacial score (nSPS) is 17.5. The van der Waals surface area contributed by atoms with Gasteiger partial charge in [0, 0.05) is 26.1 Å². The topological polar surface area (TPSA) is 272 Å². The second kappa shape index (κ2) is 35.9. The van der Waals surface area contributed by atoms with Crippen LogP contribution in [-0.2, 0) is 69.0 Å². The first kappa shape index (κ1) is 73.9. The van der Waals surface area contributed by atoms with Crippen LogP contribution in [0, 0.1) is 18.3 Å². The van der Waals surface area contributed by atoms with Crippen molar-refractivity contribution in [1.29, 1.82) is 0 Å². The second-order valence-corrected chi connectivity index (χ2v) is 26.9. The number of hydrogen-bond acceptors (Lipinski definition) is 20. The lowest BCUT2D eigenvalue weighted by atomic mass is 9.75. The number of carbonyl (C=O) groups is 5. The minimum atomic E-state index is -0.993. The molecule has 6 atom stereocenters. The molecule has 530 valence electrons. The number of nitrogens with one attached hydrogen (secondary N) is 2. The number of aryl methyl sites for hydroxylation is 2. The monoisotopic (exact) mass is 1370 g/mol. The summed E-state index contributed by atoms with van der Waals surface area (Å²) in [6.07, 6.45) is 8.22. The summed E-state index contributed by atoms with van der Waals surface area (Å²) in [6.45, 7) is 9.55. The maximum Gasteiger partial charge on any atom is 0.329 e. The number of aliphatic hydroxyl groups is 1. The zero-order valence-corrected chi connectivity index (χ0v) is 58.7. The number of esters is 1. The van der Waals surface area contributed by atoms with Gasteiger partial charge in [-0.05, 0) is 127 Å². The van der Waals surface area contributed by atoms with Gasteiger partial charge in [0.05, 0.1) is 109 Å². The van der Waals surface area contributed by atoms with Crippen LogP contribution in [-0.4, -0.2) is 177 Å². The third-order valence-electron chi connectivity index (χ3n) is 18.3. The highest BCUT2D eigenvalue weighted by Gasteiger charge is 2.45. The third kappa shape index (κ3) is 19.7. The minimum Gasteiger partial charge on any atom is -0.497 e. The predicted octanol–water partition coefficient (Wildman–Crippen LogP) is 9.15. The molecule has 0 unspecified atom stereocenters. The molecular formula is C73H96N8O16S. The molecule has 1 aliphatic carbocycles. The van der Waals surface area contributed by atoms with Crippen molar-refractivity contribution >= 4 is 40.9 Å². The smallest absolute Gasteiger partial charge is 0.329 e. The van der Waals surface area contributed by atoms with Crippen molar-refractivity contribution < 1.29 is 76.4 Å². The highest BCUT2D eigenvalue weighted by atomic mass is 32.1. The van der Waals surface area contributed by atoms with Crippen LogP contribution in [0.3, 0.4) is 0 Å². The molecule has 25 heteroatoms. The molecule has 4 amide bonds. The fraction of sp³-hybridized carbons (Fsp3) is 0.534. The minimum absolute atomic E-state index is 0.0355. The van der Waals surface area contributed by atoms with E-state index in [-0.39, 0.29) is 70.3 Å². The molecule has 3 fully saturated rings. The Hall–Kier alpha value is -8.36. The van der Waals surface area contributed by atoms with Crippen LogP contribution in [0.25, 0.3) is 10.4 Å². The van der Waals surface area contributed by atoms with Crippen molar-refractivity contribution in [3.05, 3.63) is 124 Å². The Balaban J connectivity index is 0.692. The molecule has 6 aromatic rings. The van der Waals surface area contributed by atoms with Gasteiger partial charge in [0.2, 0.25) is 29.4 Å². The summed E-state index contributed by atoms with van der Waals surface area (Å²) in [5, 5.41) is 24.9. The lowest BCUT2D eigenvalue weighted by Gasteiger charge is -2.40. The molecule has 0 spiro atoms. The number of aliphatic hydroxyl groups excluding tert-OH is 1. The van der Waals surface area contributed by atoms with Crippen LogP contribution in [0.15, 0.2) is 90.6 Å². The van der Waals surface area contributed by atoms with Gasteiger partial charge in [-0.3, -0.25) is 19.2 Å². The van der Waals surface area contributed by atoms with E-state index in [9.17, 15) is 24.3 Å². The number of methoxy groups -OCH3 is 5. The number of ether oxygens (including phenoxy) is 10. The zero-order valence-electron chi connectivity index (χ0n) is 57.9. The van der Waals surface area contributed by atoms with Crippen LogP contribution in [0.4, 0.5) is 0 Å². The van der Waals surface area contributed by atoms with Crippen molar-refractivity contribution in [2.24, 2.45) is 11.3 Å². The highest BCUT2D eigenvalue weighted by molar-refractivity contribution is 7.13. The number of amides is 4. The van der Waals surface area contributed by atoms with E-state index in [4.69, 9.17) is 47.4 Å². The van der Waals surface area contributed by atoms with E-state index in [0.717, 1.165) is 83.3 Å². The SMILES string of the molecule is COc1cccc([C@H](CCc2ccc(OCc3cn(CCOCCOCCOCC(=O)N[C@H](C(=O)N4C[C@H](O)C[C@H]4C(=O)NCc4ccc(-c5scnc5C)cc4)C(C)(C)C)nn3)c(OC)c2)OC(=O)[C@H]2CCCCN2C(=O)[C@H](c2cc(OC)c(OC)c(OC)c2)C2CCCCC2)c1. The highest BCUT2D eigenvalue weighted by Crippen LogP contribution is 2.46. The van der Waals surface area contributed by atoms with Crippen LogP contribution in [0.5, 0.6) is 34.5 Å². The van der Waals surface area contributed by atoms with E-state index in [0.29, 0.717) is 85.8 Å². The quantitative estimate of drug-likeness (QED) is 0.0251. The molecule has 98 heavy (non-hydrogen) atoms. The number of rotatable bonds is 34. The van der Waals surface area contributed by atoms with E-state index >= 15 is 4.79 Å². The molecule has 0 bridgehead atoms. The van der Waals surface area contributed by atoms with Gasteiger partial charge < -0.3 is 72.9 Å². The molecule has 2 aliphatic heterocycles. The Kier molecular flexibility index (Phi) is 27.1. The lowest BCUT2D eigenvalue weighted by Crippen LogP contribution is -2.58. The van der Waals surface area contributed by atoms with Gasteiger partial charge in [-0.2, -0.15) is 0 Å². The van der Waals surface area contributed by atoms with Gasteiger partial charge in [-0.1, -0.05) is 87.7 Å². The largest absolute Gasteiger partial charge is 0.497 e. The maximum absolute atomic E-state index is 15.2. The lowest BCUT2D eigenvalue weighted by molar-refractivity contribution is -0.163. The van der Waals surface area contributed by atoms with E-state index in [1.807, 2.05) is 112 Å². The Bertz CT molecular complexity index is 3560. The summed E-state index contributed by atoms with van der Waals surface area (Å²) in [5.41, 5.74) is 7.02.